The van der Waals surface area contributed by atoms with Crippen LogP contribution in [0.3, 0.4) is 0 Å². The van der Waals surface area contributed by atoms with Crippen LogP contribution in [0, 0.1) is 0 Å². The number of hydrogen-bond acceptors (Lipinski definition) is 1. The van der Waals surface area contributed by atoms with Crippen molar-refractivity contribution in [1.82, 2.24) is 0 Å². The van der Waals surface area contributed by atoms with Gasteiger partial charge in [-0.1, -0.05) is 60.6 Å². The molecule has 1 fully saturated rings. The van der Waals surface area contributed by atoms with Crippen LogP contribution >= 0.6 is 7.80 Å². The first kappa shape index (κ1) is 17.7. The summed E-state index contributed by atoms with van der Waals surface area (Å²) in [7, 11) is -0.907. The van der Waals surface area contributed by atoms with Gasteiger partial charge in [0.25, 0.3) is 0 Å². The minimum Gasteiger partial charge on any atom is -0.0745 e. The molecule has 0 N–H and O–H groups in total. The van der Waals surface area contributed by atoms with Gasteiger partial charge in [0.15, 0.2) is 5.66 Å². The van der Waals surface area contributed by atoms with Crippen molar-refractivity contribution in [1.29, 1.82) is 0 Å². The first-order valence-electron chi connectivity index (χ1n) is 9.34. The van der Waals surface area contributed by atoms with Crippen LogP contribution in [-0.4, -0.2) is 11.8 Å². The van der Waals surface area contributed by atoms with Crippen LogP contribution < -0.4 is 0 Å². The Hall–Kier alpha value is -0.680. The lowest BCUT2D eigenvalue weighted by molar-refractivity contribution is 0.489. The third-order valence-corrected chi connectivity index (χ3v) is 7.01. The Morgan fingerprint density at radius 2 is 1.45 bits per heavy atom. The molecule has 1 aromatic rings. The van der Waals surface area contributed by atoms with E-state index in [1.54, 1.807) is 0 Å². The summed E-state index contributed by atoms with van der Waals surface area (Å²) in [6.45, 7) is 0. The summed E-state index contributed by atoms with van der Waals surface area (Å²) in [4.78, 5) is 0. The molecule has 0 heterocycles. The zero-order valence-electron chi connectivity index (χ0n) is 14.0. The number of unbranched alkanes of at least 4 members (excludes halogenated alkanes) is 5. The summed E-state index contributed by atoms with van der Waals surface area (Å²) in [6.07, 6.45) is 16.4. The number of aryl methyl sites for hydroxylation is 1. The average Bonchev–Trinajstić information content (AvgIpc) is 2.59. The lowest BCUT2D eigenvalue weighted by Crippen LogP contribution is -2.08. The van der Waals surface area contributed by atoms with Crippen LogP contribution in [0.4, 0.5) is 0 Å². The van der Waals surface area contributed by atoms with E-state index < -0.39 is 7.80 Å². The molecule has 2 heteroatoms. The Labute approximate surface area is 137 Å². The summed E-state index contributed by atoms with van der Waals surface area (Å²) in [5, 5.41) is 0. The van der Waals surface area contributed by atoms with E-state index in [1.807, 2.05) is 0 Å². The summed E-state index contributed by atoms with van der Waals surface area (Å²) < 4.78 is 12.2. The van der Waals surface area contributed by atoms with Crippen molar-refractivity contribution in [3.63, 3.8) is 0 Å². The fourth-order valence-corrected chi connectivity index (χ4v) is 5.34. The molecular weight excluding hydrogens is 287 g/mol. The van der Waals surface area contributed by atoms with Crippen molar-refractivity contribution in [3.8, 4) is 0 Å². The van der Waals surface area contributed by atoms with Crippen LogP contribution in [0.2, 0.25) is 0 Å². The fourth-order valence-electron chi connectivity index (χ4n) is 3.50. The minimum absolute atomic E-state index is 0.564. The largest absolute Gasteiger partial charge is 0.341 e. The highest BCUT2D eigenvalue weighted by molar-refractivity contribution is 7.45. The first-order valence-corrected chi connectivity index (χ1v) is 10.9. The second-order valence-corrected chi connectivity index (χ2v) is 8.80. The summed E-state index contributed by atoms with van der Waals surface area (Å²) >= 11 is 0. The van der Waals surface area contributed by atoms with E-state index in [1.165, 1.54) is 82.6 Å². The Kier molecular flexibility index (Phi) is 8.79. The normalized spacial score (nSPS) is 16.6. The van der Waals surface area contributed by atoms with E-state index in [4.69, 9.17) is 0 Å². The van der Waals surface area contributed by atoms with E-state index in [0.29, 0.717) is 5.66 Å². The molecule has 1 unspecified atom stereocenters. The van der Waals surface area contributed by atoms with Gasteiger partial charge in [-0.25, -0.2) is 0 Å². The monoisotopic (exact) mass is 319 g/mol. The van der Waals surface area contributed by atoms with Crippen LogP contribution in [0.15, 0.2) is 30.3 Å². The molecule has 0 aromatic heterocycles. The highest BCUT2D eigenvalue weighted by atomic mass is 31.1. The molecule has 0 spiro atoms. The first-order chi connectivity index (χ1) is 10.9. The predicted molar refractivity (Wildman–Crippen MR) is 97.2 cm³/mol. The maximum atomic E-state index is 12.2. The Morgan fingerprint density at radius 3 is 2.18 bits per heavy atom. The fraction of sp³-hybridized carbons (Fsp3) is 0.700. The van der Waals surface area contributed by atoms with Crippen molar-refractivity contribution < 1.29 is 4.57 Å². The number of hydrogen-bond donors (Lipinski definition) is 0. The second kappa shape index (κ2) is 10.9. The van der Waals surface area contributed by atoms with Gasteiger partial charge in [0, 0.05) is 0 Å². The van der Waals surface area contributed by atoms with Crippen molar-refractivity contribution >= 4 is 7.80 Å². The summed E-state index contributed by atoms with van der Waals surface area (Å²) in [5.41, 5.74) is 2.03. The van der Waals surface area contributed by atoms with Crippen molar-refractivity contribution in [2.45, 2.75) is 82.7 Å². The number of benzene rings is 1. The van der Waals surface area contributed by atoms with Crippen molar-refractivity contribution in [2.75, 3.05) is 6.16 Å². The van der Waals surface area contributed by atoms with Gasteiger partial charge >= 0.3 is 7.80 Å². The Balaban J connectivity index is 1.42. The van der Waals surface area contributed by atoms with E-state index in [2.05, 4.69) is 30.3 Å². The predicted octanol–water partition coefficient (Wildman–Crippen LogP) is 6.73. The topological polar surface area (TPSA) is 17.1 Å². The zero-order valence-corrected chi connectivity index (χ0v) is 14.9. The van der Waals surface area contributed by atoms with Gasteiger partial charge in [-0.15, -0.1) is 0 Å². The van der Waals surface area contributed by atoms with Gasteiger partial charge in [0.2, 0.25) is 0 Å². The van der Waals surface area contributed by atoms with E-state index in [0.717, 1.165) is 6.16 Å². The van der Waals surface area contributed by atoms with Gasteiger partial charge < -0.3 is 0 Å². The highest BCUT2D eigenvalue weighted by Crippen LogP contribution is 2.39. The molecule has 1 aliphatic rings. The van der Waals surface area contributed by atoms with Crippen LogP contribution in [0.25, 0.3) is 0 Å². The minimum atomic E-state index is -0.907. The maximum Gasteiger partial charge on any atom is 0.341 e. The molecule has 0 saturated heterocycles. The van der Waals surface area contributed by atoms with E-state index >= 15 is 0 Å². The zero-order chi connectivity index (χ0) is 15.5. The Morgan fingerprint density at radius 1 is 0.818 bits per heavy atom. The summed E-state index contributed by atoms with van der Waals surface area (Å²) in [5.74, 6) is 0. The molecule has 2 rings (SSSR count). The lowest BCUT2D eigenvalue weighted by atomic mass is 10.0. The Bertz CT molecular complexity index is 409. The van der Waals surface area contributed by atoms with Gasteiger partial charge in [0.05, 0.1) is 0 Å². The molecule has 1 aliphatic carbocycles. The highest BCUT2D eigenvalue weighted by Gasteiger charge is 2.30. The van der Waals surface area contributed by atoms with Gasteiger partial charge in [0.1, 0.15) is 6.16 Å². The molecule has 1 aromatic carbocycles. The standard InChI is InChI=1S/C20H32OP/c21-22(20-16-10-6-11-17-20)18-12-4-2-1-3-7-13-19-14-8-5-9-15-19/h5,8-9,14-15,20H,1-4,6-7,10-13,16-18H2/q+1. The third-order valence-electron chi connectivity index (χ3n) is 4.92. The van der Waals surface area contributed by atoms with Crippen LogP contribution in [0.5, 0.6) is 0 Å². The van der Waals surface area contributed by atoms with Crippen LogP contribution in [0.1, 0.15) is 76.2 Å². The summed E-state index contributed by atoms with van der Waals surface area (Å²) in [6, 6.07) is 10.8. The maximum absolute atomic E-state index is 12.2. The van der Waals surface area contributed by atoms with Gasteiger partial charge in [-0.3, -0.25) is 0 Å². The van der Waals surface area contributed by atoms with Gasteiger partial charge in [-0.05, 0) is 56.9 Å². The second-order valence-electron chi connectivity index (χ2n) is 6.79. The van der Waals surface area contributed by atoms with Crippen molar-refractivity contribution in [3.05, 3.63) is 35.9 Å². The quantitative estimate of drug-likeness (QED) is 0.345. The molecule has 0 radical (unpaired) electrons. The molecule has 1 atom stereocenters. The molecule has 122 valence electrons. The molecular formula is C20H32OP+. The molecule has 22 heavy (non-hydrogen) atoms. The van der Waals surface area contributed by atoms with Crippen LogP contribution in [-0.2, 0) is 11.0 Å². The SMILES string of the molecule is O=[P+](CCCCCCCCc1ccccc1)C1CCCCC1. The average molecular weight is 319 g/mol. The van der Waals surface area contributed by atoms with Gasteiger partial charge in [-0.2, -0.15) is 0 Å². The van der Waals surface area contributed by atoms with E-state index in [-0.39, 0.29) is 0 Å². The van der Waals surface area contributed by atoms with E-state index in [9.17, 15) is 4.57 Å². The smallest absolute Gasteiger partial charge is 0.0745 e. The molecule has 0 aliphatic heterocycles. The van der Waals surface area contributed by atoms with Crippen molar-refractivity contribution in [2.24, 2.45) is 0 Å². The molecule has 0 bridgehead atoms. The molecule has 1 saturated carbocycles. The third kappa shape index (κ3) is 7.05. The number of rotatable bonds is 10. The molecule has 1 nitrogen and oxygen atoms in total. The molecule has 0 amide bonds. The lowest BCUT2D eigenvalue weighted by Gasteiger charge is -2.12.